The van der Waals surface area contributed by atoms with Crippen molar-refractivity contribution in [1.82, 2.24) is 9.47 Å². The van der Waals surface area contributed by atoms with E-state index in [1.807, 2.05) is 0 Å². The Bertz CT molecular complexity index is 1400. The van der Waals surface area contributed by atoms with Crippen LogP contribution in [0.5, 0.6) is 0 Å². The lowest BCUT2D eigenvalue weighted by molar-refractivity contribution is -0.114. The van der Waals surface area contributed by atoms with E-state index in [1.165, 1.54) is 42.4 Å². The van der Waals surface area contributed by atoms with Gasteiger partial charge in [-0.05, 0) is 42.6 Å². The Labute approximate surface area is 208 Å². The number of carbonyl (C=O) groups excluding carboxylic acids is 1. The van der Waals surface area contributed by atoms with Crippen LogP contribution in [-0.4, -0.2) is 53.2 Å². The molecule has 0 fully saturated rings. The molecule has 36 heavy (non-hydrogen) atoms. The summed E-state index contributed by atoms with van der Waals surface area (Å²) in [5, 5.41) is 14.5. The molecule has 0 bridgehead atoms. The number of hydrazone groups is 1. The Hall–Kier alpha value is -3.70. The minimum absolute atomic E-state index is 0.000339. The highest BCUT2D eigenvalue weighted by Crippen LogP contribution is 2.37. The van der Waals surface area contributed by atoms with Crippen LogP contribution in [0.25, 0.3) is 22.0 Å². The number of nitrogens with zero attached hydrogens (tertiary/aromatic N) is 4. The molecule has 0 saturated heterocycles. The summed E-state index contributed by atoms with van der Waals surface area (Å²) < 4.78 is 56.4. The first-order valence-corrected chi connectivity index (χ1v) is 10.9. The maximum Gasteiger partial charge on any atom is 0.416 e. The molecule has 3 aromatic rings. The van der Waals surface area contributed by atoms with E-state index in [2.05, 4.69) is 11.7 Å². The number of amides is 1. The van der Waals surface area contributed by atoms with E-state index in [1.54, 1.807) is 6.92 Å². The van der Waals surface area contributed by atoms with Crippen LogP contribution in [0.1, 0.15) is 12.5 Å². The number of allylic oxidation sites excluding steroid dienone is 1. The molecule has 1 aromatic heterocycles. The first kappa shape index (κ1) is 26.9. The third-order valence-corrected chi connectivity index (χ3v) is 5.73. The molecule has 0 saturated carbocycles. The van der Waals surface area contributed by atoms with Gasteiger partial charge in [-0.1, -0.05) is 24.2 Å². The van der Waals surface area contributed by atoms with Crippen LogP contribution in [0.15, 0.2) is 59.1 Å². The number of alkyl halides is 3. The van der Waals surface area contributed by atoms with Crippen molar-refractivity contribution in [2.45, 2.75) is 13.1 Å². The zero-order valence-electron chi connectivity index (χ0n) is 19.2. The van der Waals surface area contributed by atoms with Crippen LogP contribution in [0.2, 0.25) is 5.02 Å². The van der Waals surface area contributed by atoms with E-state index in [4.69, 9.17) is 11.6 Å². The van der Waals surface area contributed by atoms with Gasteiger partial charge in [0, 0.05) is 30.7 Å². The van der Waals surface area contributed by atoms with E-state index < -0.39 is 41.0 Å². The maximum atomic E-state index is 14.6. The summed E-state index contributed by atoms with van der Waals surface area (Å²) in [4.78, 5) is 25.6. The summed E-state index contributed by atoms with van der Waals surface area (Å²) in [6.45, 7) is 4.46. The van der Waals surface area contributed by atoms with Gasteiger partial charge in [0.15, 0.2) is 5.84 Å². The van der Waals surface area contributed by atoms with Gasteiger partial charge in [0.1, 0.15) is 18.1 Å². The molecule has 3 rings (SSSR count). The molecule has 2 aromatic carbocycles. The second kappa shape index (κ2) is 10.5. The second-order valence-electron chi connectivity index (χ2n) is 7.58. The van der Waals surface area contributed by atoms with E-state index in [9.17, 15) is 32.3 Å². The number of carbonyl (C=O) groups is 1. The van der Waals surface area contributed by atoms with Gasteiger partial charge in [0.2, 0.25) is 6.41 Å². The van der Waals surface area contributed by atoms with Gasteiger partial charge in [0.05, 0.1) is 16.3 Å². The summed E-state index contributed by atoms with van der Waals surface area (Å²) in [6.07, 6.45) is -3.53. The van der Waals surface area contributed by atoms with Gasteiger partial charge in [-0.25, -0.2) is 4.39 Å². The lowest BCUT2D eigenvalue weighted by Crippen LogP contribution is -2.34. The van der Waals surface area contributed by atoms with Crippen LogP contribution < -0.4 is 10.6 Å². The van der Waals surface area contributed by atoms with Gasteiger partial charge in [-0.15, -0.1) is 0 Å². The zero-order chi connectivity index (χ0) is 26.8. The van der Waals surface area contributed by atoms with Crippen LogP contribution in [-0.2, 0) is 4.79 Å². The van der Waals surface area contributed by atoms with Crippen LogP contribution in [0.3, 0.4) is 0 Å². The number of benzene rings is 2. The van der Waals surface area contributed by atoms with Crippen molar-refractivity contribution in [3.8, 4) is 5.69 Å². The van der Waals surface area contributed by atoms with Crippen molar-refractivity contribution in [2.75, 3.05) is 25.2 Å². The fourth-order valence-electron chi connectivity index (χ4n) is 3.54. The van der Waals surface area contributed by atoms with Gasteiger partial charge >= 0.3 is 6.18 Å². The lowest BCUT2D eigenvalue weighted by Gasteiger charge is -2.21. The number of hydrogen-bond donors (Lipinski definition) is 1. The molecule has 1 amide bonds. The van der Waals surface area contributed by atoms with Crippen molar-refractivity contribution in [1.29, 1.82) is 0 Å². The fraction of sp³-hybridized carbons (Fsp3) is 0.208. The SMILES string of the molecule is C=C(c1cn(-c2c(F)cccc2Cl)c(=O)c2ccc(N(C)/N=C(/CO)N(C=O)CC)cc12)C(F)(F)F. The number of para-hydroxylation sites is 1. The number of anilines is 1. The first-order chi connectivity index (χ1) is 16.9. The number of aromatic nitrogens is 1. The number of pyridine rings is 1. The number of amidine groups is 1. The fourth-order valence-corrected chi connectivity index (χ4v) is 3.79. The molecule has 7 nitrogen and oxygen atoms in total. The molecular weight excluding hydrogens is 504 g/mol. The number of aliphatic hydroxyl groups excluding tert-OH is 1. The van der Waals surface area contributed by atoms with Crippen molar-refractivity contribution >= 4 is 45.9 Å². The predicted octanol–water partition coefficient (Wildman–Crippen LogP) is 4.58. The van der Waals surface area contributed by atoms with Crippen molar-refractivity contribution in [2.24, 2.45) is 5.10 Å². The van der Waals surface area contributed by atoms with Crippen molar-refractivity contribution < 1.29 is 27.5 Å². The number of rotatable bonds is 7. The molecular formula is C24H21ClF4N4O3. The first-order valence-electron chi connectivity index (χ1n) is 10.5. The molecule has 0 atom stereocenters. The molecule has 0 unspecified atom stereocenters. The van der Waals surface area contributed by atoms with Crippen molar-refractivity contribution in [3.05, 3.63) is 75.9 Å². The zero-order valence-corrected chi connectivity index (χ0v) is 19.9. The van der Waals surface area contributed by atoms with E-state index >= 15 is 0 Å². The third-order valence-electron chi connectivity index (χ3n) is 5.43. The van der Waals surface area contributed by atoms with E-state index in [-0.39, 0.29) is 33.9 Å². The standard InChI is InChI=1S/C24H21ClF4N4O3/c1-4-32(13-35)21(12-34)30-31(3)15-8-9-16-17(10-15)18(14(2)24(27,28)29)11-33(23(16)36)22-19(25)6-5-7-20(22)26/h5-11,13,34H,2,4,12H2,1,3H3/b30-21-. The normalized spacial score (nSPS) is 12.1. The van der Waals surface area contributed by atoms with E-state index in [0.717, 1.165) is 21.7 Å². The van der Waals surface area contributed by atoms with Gasteiger partial charge < -0.3 is 5.11 Å². The average Bonchev–Trinajstić information content (AvgIpc) is 2.83. The predicted molar refractivity (Wildman–Crippen MR) is 131 cm³/mol. The molecule has 0 aliphatic heterocycles. The Kier molecular flexibility index (Phi) is 7.85. The van der Waals surface area contributed by atoms with Gasteiger partial charge in [-0.2, -0.15) is 18.3 Å². The van der Waals surface area contributed by atoms with Crippen molar-refractivity contribution in [3.63, 3.8) is 0 Å². The molecule has 1 heterocycles. The molecule has 190 valence electrons. The highest BCUT2D eigenvalue weighted by Gasteiger charge is 2.35. The number of halogens is 5. The highest BCUT2D eigenvalue weighted by molar-refractivity contribution is 6.32. The Balaban J connectivity index is 2.31. The van der Waals surface area contributed by atoms with Crippen LogP contribution >= 0.6 is 11.6 Å². The second-order valence-corrected chi connectivity index (χ2v) is 7.99. The molecule has 0 aliphatic rings. The highest BCUT2D eigenvalue weighted by atomic mass is 35.5. The summed E-state index contributed by atoms with van der Waals surface area (Å²) in [6, 6.07) is 7.61. The molecule has 12 heteroatoms. The number of aliphatic hydroxyl groups is 1. The van der Waals surface area contributed by atoms with Crippen LogP contribution in [0, 0.1) is 5.82 Å². The number of likely N-dealkylation sites (N-methyl/N-ethyl adjacent to an activating group) is 1. The largest absolute Gasteiger partial charge is 0.416 e. The summed E-state index contributed by atoms with van der Waals surface area (Å²) >= 11 is 6.07. The lowest BCUT2D eigenvalue weighted by atomic mass is 10.0. The molecule has 1 N–H and O–H groups in total. The van der Waals surface area contributed by atoms with Crippen LogP contribution in [0.4, 0.5) is 23.2 Å². The average molecular weight is 525 g/mol. The minimum atomic E-state index is -4.86. The van der Waals surface area contributed by atoms with Gasteiger partial charge in [0.25, 0.3) is 5.56 Å². The number of hydrogen-bond acceptors (Lipinski definition) is 5. The Morgan fingerprint density at radius 1 is 1.25 bits per heavy atom. The Morgan fingerprint density at radius 3 is 2.50 bits per heavy atom. The molecule has 0 radical (unpaired) electrons. The summed E-state index contributed by atoms with van der Waals surface area (Å²) in [7, 11) is 1.45. The quantitative estimate of drug-likeness (QED) is 0.161. The summed E-state index contributed by atoms with van der Waals surface area (Å²) in [5.41, 5.74) is -2.68. The maximum absolute atomic E-state index is 14.6. The molecule has 0 aliphatic carbocycles. The Morgan fingerprint density at radius 2 is 1.94 bits per heavy atom. The summed E-state index contributed by atoms with van der Waals surface area (Å²) in [5.74, 6) is -0.898. The smallest absolute Gasteiger partial charge is 0.388 e. The minimum Gasteiger partial charge on any atom is -0.388 e. The number of fused-ring (bicyclic) bond motifs is 1. The third kappa shape index (κ3) is 5.12. The van der Waals surface area contributed by atoms with Gasteiger partial charge in [-0.3, -0.25) is 24.1 Å². The van der Waals surface area contributed by atoms with E-state index in [0.29, 0.717) is 6.41 Å². The topological polar surface area (TPSA) is 78.1 Å². The molecule has 0 spiro atoms. The monoisotopic (exact) mass is 524 g/mol.